The topological polar surface area (TPSA) is 97.1 Å². The average molecular weight is 396 g/mol. The van der Waals surface area contributed by atoms with Crippen molar-refractivity contribution in [1.82, 2.24) is 14.8 Å². The SMILES string of the molecule is CCn1c(SCC(=O)Nc2ccc(C(=O)O)cc2)nnc1-c1cccc(C)c1. The number of benzene rings is 2. The summed E-state index contributed by atoms with van der Waals surface area (Å²) < 4.78 is 1.98. The first-order valence-electron chi connectivity index (χ1n) is 8.74. The molecule has 1 amide bonds. The van der Waals surface area contributed by atoms with Crippen LogP contribution in [0.25, 0.3) is 11.4 Å². The Labute approximate surface area is 166 Å². The van der Waals surface area contributed by atoms with Gasteiger partial charge in [-0.1, -0.05) is 35.5 Å². The summed E-state index contributed by atoms with van der Waals surface area (Å²) >= 11 is 1.31. The highest BCUT2D eigenvalue weighted by atomic mass is 32.2. The minimum Gasteiger partial charge on any atom is -0.478 e. The van der Waals surface area contributed by atoms with Crippen LogP contribution in [0, 0.1) is 6.92 Å². The molecule has 0 atom stereocenters. The van der Waals surface area contributed by atoms with E-state index in [1.54, 1.807) is 12.1 Å². The Bertz CT molecular complexity index is 999. The third-order valence-electron chi connectivity index (χ3n) is 4.06. The maximum Gasteiger partial charge on any atom is 0.335 e. The molecule has 144 valence electrons. The smallest absolute Gasteiger partial charge is 0.335 e. The minimum atomic E-state index is -1.00. The second-order valence-electron chi connectivity index (χ2n) is 6.14. The van der Waals surface area contributed by atoms with Crippen LogP contribution in [0.1, 0.15) is 22.8 Å². The number of aromatic carboxylic acids is 1. The van der Waals surface area contributed by atoms with Gasteiger partial charge in [0, 0.05) is 17.8 Å². The Morgan fingerprint density at radius 2 is 1.89 bits per heavy atom. The molecule has 2 aromatic carbocycles. The molecular weight excluding hydrogens is 376 g/mol. The molecule has 1 aromatic heterocycles. The van der Waals surface area contributed by atoms with E-state index in [0.29, 0.717) is 17.4 Å². The average Bonchev–Trinajstić information content (AvgIpc) is 3.09. The number of thioether (sulfide) groups is 1. The van der Waals surface area contributed by atoms with Crippen LogP contribution < -0.4 is 5.32 Å². The van der Waals surface area contributed by atoms with E-state index in [1.807, 2.05) is 36.6 Å². The largest absolute Gasteiger partial charge is 0.478 e. The van der Waals surface area contributed by atoms with Gasteiger partial charge in [0.15, 0.2) is 11.0 Å². The van der Waals surface area contributed by atoms with Gasteiger partial charge in [0.05, 0.1) is 11.3 Å². The zero-order chi connectivity index (χ0) is 20.1. The van der Waals surface area contributed by atoms with Crippen LogP contribution in [0.4, 0.5) is 5.69 Å². The number of rotatable bonds is 7. The lowest BCUT2D eigenvalue weighted by atomic mass is 10.1. The van der Waals surface area contributed by atoms with Gasteiger partial charge < -0.3 is 15.0 Å². The molecule has 0 bridgehead atoms. The Balaban J connectivity index is 1.65. The predicted molar refractivity (Wildman–Crippen MR) is 109 cm³/mol. The number of hydrogen-bond acceptors (Lipinski definition) is 5. The number of carbonyl (C=O) groups is 2. The molecule has 7 nitrogen and oxygen atoms in total. The molecule has 3 aromatic rings. The van der Waals surface area contributed by atoms with Gasteiger partial charge in [-0.3, -0.25) is 4.79 Å². The summed E-state index contributed by atoms with van der Waals surface area (Å²) in [4.78, 5) is 23.1. The van der Waals surface area contributed by atoms with Crippen molar-refractivity contribution in [3.05, 3.63) is 59.7 Å². The molecule has 0 fully saturated rings. The van der Waals surface area contributed by atoms with Gasteiger partial charge in [-0.15, -0.1) is 10.2 Å². The van der Waals surface area contributed by atoms with Crippen molar-refractivity contribution in [2.45, 2.75) is 25.5 Å². The molecular formula is C20H20N4O3S. The number of hydrogen-bond donors (Lipinski definition) is 2. The van der Waals surface area contributed by atoms with Crippen LogP contribution in [0.2, 0.25) is 0 Å². The predicted octanol–water partition coefficient (Wildman–Crippen LogP) is 3.70. The fourth-order valence-corrected chi connectivity index (χ4v) is 3.50. The Morgan fingerprint density at radius 3 is 2.54 bits per heavy atom. The maximum absolute atomic E-state index is 12.2. The summed E-state index contributed by atoms with van der Waals surface area (Å²) in [7, 11) is 0. The summed E-state index contributed by atoms with van der Waals surface area (Å²) in [6.07, 6.45) is 0. The number of carboxylic acids is 1. The quantitative estimate of drug-likeness (QED) is 0.591. The monoisotopic (exact) mass is 396 g/mol. The molecule has 0 spiro atoms. The minimum absolute atomic E-state index is 0.173. The number of carbonyl (C=O) groups excluding carboxylic acids is 1. The van der Waals surface area contributed by atoms with Gasteiger partial charge in [-0.2, -0.15) is 0 Å². The third kappa shape index (κ3) is 4.58. The first kappa shape index (κ1) is 19.6. The van der Waals surface area contributed by atoms with Crippen LogP contribution in [0.5, 0.6) is 0 Å². The fourth-order valence-electron chi connectivity index (χ4n) is 2.70. The first-order chi connectivity index (χ1) is 13.5. The van der Waals surface area contributed by atoms with Crippen molar-refractivity contribution in [2.24, 2.45) is 0 Å². The van der Waals surface area contributed by atoms with Gasteiger partial charge in [-0.05, 0) is 44.2 Å². The Morgan fingerprint density at radius 1 is 1.14 bits per heavy atom. The molecule has 0 unspecified atom stereocenters. The van der Waals surface area contributed by atoms with E-state index < -0.39 is 5.97 Å². The highest BCUT2D eigenvalue weighted by molar-refractivity contribution is 7.99. The normalized spacial score (nSPS) is 10.6. The van der Waals surface area contributed by atoms with E-state index in [4.69, 9.17) is 5.11 Å². The van der Waals surface area contributed by atoms with Gasteiger partial charge in [-0.25, -0.2) is 4.79 Å². The standard InChI is InChI=1S/C20H20N4O3S/c1-3-24-18(15-6-4-5-13(2)11-15)22-23-20(24)28-12-17(25)21-16-9-7-14(8-10-16)19(26)27/h4-11H,3,12H2,1-2H3,(H,21,25)(H,26,27). The second kappa shape index (κ2) is 8.71. The molecule has 1 heterocycles. The molecule has 0 aliphatic carbocycles. The molecule has 8 heteroatoms. The molecule has 3 rings (SSSR count). The molecule has 0 aliphatic heterocycles. The summed E-state index contributed by atoms with van der Waals surface area (Å²) in [6, 6.07) is 14.1. The Kier molecular flexibility index (Phi) is 6.10. The van der Waals surface area contributed by atoms with Crippen LogP contribution in [0.3, 0.4) is 0 Å². The first-order valence-corrected chi connectivity index (χ1v) is 9.72. The van der Waals surface area contributed by atoms with Crippen LogP contribution in [-0.2, 0) is 11.3 Å². The highest BCUT2D eigenvalue weighted by Crippen LogP contribution is 2.24. The van der Waals surface area contributed by atoms with Crippen LogP contribution in [-0.4, -0.2) is 37.5 Å². The van der Waals surface area contributed by atoms with Crippen molar-refractivity contribution < 1.29 is 14.7 Å². The van der Waals surface area contributed by atoms with Crippen LogP contribution >= 0.6 is 11.8 Å². The van der Waals surface area contributed by atoms with Crippen molar-refractivity contribution in [1.29, 1.82) is 0 Å². The third-order valence-corrected chi connectivity index (χ3v) is 5.02. The lowest BCUT2D eigenvalue weighted by molar-refractivity contribution is -0.113. The van der Waals surface area contributed by atoms with E-state index in [0.717, 1.165) is 17.0 Å². The summed E-state index contributed by atoms with van der Waals surface area (Å²) in [5.41, 5.74) is 2.86. The number of nitrogens with one attached hydrogen (secondary N) is 1. The van der Waals surface area contributed by atoms with Crippen molar-refractivity contribution >= 4 is 29.3 Å². The van der Waals surface area contributed by atoms with Crippen molar-refractivity contribution in [2.75, 3.05) is 11.1 Å². The Hall–Kier alpha value is -3.13. The van der Waals surface area contributed by atoms with E-state index in [-0.39, 0.29) is 17.2 Å². The van der Waals surface area contributed by atoms with Crippen molar-refractivity contribution in [3.8, 4) is 11.4 Å². The summed E-state index contributed by atoms with van der Waals surface area (Å²) in [5.74, 6) is -0.252. The second-order valence-corrected chi connectivity index (χ2v) is 7.08. The number of anilines is 1. The van der Waals surface area contributed by atoms with Gasteiger partial charge >= 0.3 is 5.97 Å². The zero-order valence-corrected chi connectivity index (χ0v) is 16.4. The number of aryl methyl sites for hydroxylation is 1. The van der Waals surface area contributed by atoms with Crippen LogP contribution in [0.15, 0.2) is 53.7 Å². The maximum atomic E-state index is 12.2. The number of nitrogens with zero attached hydrogens (tertiary/aromatic N) is 3. The zero-order valence-electron chi connectivity index (χ0n) is 15.5. The van der Waals surface area contributed by atoms with E-state index in [1.165, 1.54) is 23.9 Å². The van der Waals surface area contributed by atoms with E-state index in [9.17, 15) is 9.59 Å². The summed E-state index contributed by atoms with van der Waals surface area (Å²) in [6.45, 7) is 4.73. The van der Waals surface area contributed by atoms with E-state index >= 15 is 0 Å². The summed E-state index contributed by atoms with van der Waals surface area (Å²) in [5, 5.41) is 20.9. The number of amides is 1. The molecule has 2 N–H and O–H groups in total. The number of carboxylic acid groups (broad SMARTS) is 1. The molecule has 0 saturated heterocycles. The molecule has 0 radical (unpaired) electrons. The molecule has 0 saturated carbocycles. The fraction of sp³-hybridized carbons (Fsp3) is 0.200. The van der Waals surface area contributed by atoms with Gasteiger partial charge in [0.1, 0.15) is 0 Å². The van der Waals surface area contributed by atoms with Crippen molar-refractivity contribution in [3.63, 3.8) is 0 Å². The lowest BCUT2D eigenvalue weighted by Crippen LogP contribution is -2.14. The lowest BCUT2D eigenvalue weighted by Gasteiger charge is -2.08. The molecule has 0 aliphatic rings. The van der Waals surface area contributed by atoms with Gasteiger partial charge in [0.25, 0.3) is 0 Å². The molecule has 28 heavy (non-hydrogen) atoms. The highest BCUT2D eigenvalue weighted by Gasteiger charge is 2.15. The van der Waals surface area contributed by atoms with Gasteiger partial charge in [0.2, 0.25) is 5.91 Å². The van der Waals surface area contributed by atoms with E-state index in [2.05, 4.69) is 21.6 Å². The number of aromatic nitrogens is 3.